The zero-order chi connectivity index (χ0) is 86.6. The number of rotatable bonds is 20. The number of carbonyl (C=O) groups is 5. The van der Waals surface area contributed by atoms with E-state index in [1.807, 2.05) is 23.1 Å². The Balaban J connectivity index is 0.000000119. The fourth-order valence-corrected chi connectivity index (χ4v) is 18.2. The van der Waals surface area contributed by atoms with Crippen LogP contribution in [0, 0.1) is 23.3 Å². The molecule has 8 aliphatic rings. The minimum Gasteiger partial charge on any atom is -0.477 e. The molecule has 4 aliphatic carbocycles. The number of nitrogens with zero attached hydrogens (tertiary/aromatic N) is 7. The van der Waals surface area contributed by atoms with Crippen molar-refractivity contribution >= 4 is 30.0 Å². The Morgan fingerprint density at radius 1 is 0.360 bits per heavy atom. The van der Waals surface area contributed by atoms with Crippen LogP contribution in [-0.2, 0) is 19.8 Å². The first-order valence-electron chi connectivity index (χ1n) is 43.5. The Morgan fingerprint density at radius 3 is 0.976 bits per heavy atom. The van der Waals surface area contributed by atoms with Crippen molar-refractivity contribution in [1.29, 1.82) is 0 Å². The highest BCUT2D eigenvalue weighted by Crippen LogP contribution is 2.49. The Morgan fingerprint density at radius 2 is 0.672 bits per heavy atom. The zero-order valence-corrected chi connectivity index (χ0v) is 69.7. The first-order chi connectivity index (χ1) is 61.0. The largest absolute Gasteiger partial charge is 0.477 e. The molecule has 20 rings (SSSR count). The number of carboxylic acid groups (broad SMARTS) is 1. The van der Waals surface area contributed by atoms with Crippen molar-refractivity contribution in [3.05, 3.63) is 356 Å². The van der Waals surface area contributed by atoms with Crippen LogP contribution in [0.25, 0.3) is 44.5 Å². The molecule has 0 spiro atoms. The summed E-state index contributed by atoms with van der Waals surface area (Å²) in [6.45, 7) is 6.30. The summed E-state index contributed by atoms with van der Waals surface area (Å²) in [5, 5.41) is 31.6. The molecule has 4 saturated carbocycles. The number of aromatic carboxylic acids is 1. The first kappa shape index (κ1) is 86.0. The summed E-state index contributed by atoms with van der Waals surface area (Å²) in [7, 11) is 0. The lowest BCUT2D eigenvalue weighted by Gasteiger charge is -2.19. The van der Waals surface area contributed by atoms with E-state index in [2.05, 4.69) is 177 Å². The van der Waals surface area contributed by atoms with Gasteiger partial charge in [0.05, 0.1) is 38.0 Å². The molecular formula is C104H101F4N9O8. The standard InChI is InChI=1S/C26H26FN3O.C26H25FN2O2.C26H23FN2O2.C20H23NO.C6H4FNO2/c27-21-8-10-25(29-15-21)26(31)30-12-11-19(16-30)22-9-7-18(13-20(22)14-28)24-4-2-1-3-23(24)17-5-6-17;2*27-21-8-10-25(28-14-21)26(31)29-12-11-19(15-29)22-9-7-18(13-20(22)16-30)24-4-2-1-3-23(24)17-5-6-17;22-13-17-11-15(7-8-18(17)16-9-10-21-12-16)20-4-2-1-3-19(20)14-5-6-14;7-4-1-2-5(6(9)10)8-3-4/h1-4,7-10,13,15,17,19H,5-6,11-12,14,16,28H2;1-4,7-10,13-14,17,19,30H,5-6,11-12,15-16H2;1-4,7-10,13-14,16-17,19H,5-6,11-12,15H2;1-4,7-8,11,14,16,21-22H,5-6,9-10,12-13H2;1-3H,(H,9,10). The Kier molecular flexibility index (Phi) is 27.2. The third-order valence-electron chi connectivity index (χ3n) is 25.4. The van der Waals surface area contributed by atoms with Gasteiger partial charge in [0.15, 0.2) is 0 Å². The van der Waals surface area contributed by atoms with Gasteiger partial charge in [0.1, 0.15) is 52.3 Å². The number of halogens is 4. The van der Waals surface area contributed by atoms with Gasteiger partial charge in [-0.3, -0.25) is 19.2 Å². The monoisotopic (exact) mass is 1680 g/mol. The highest BCUT2D eigenvalue weighted by molar-refractivity contribution is 5.94. The van der Waals surface area contributed by atoms with E-state index in [0.717, 1.165) is 120 Å². The van der Waals surface area contributed by atoms with Crippen molar-refractivity contribution in [2.24, 2.45) is 5.73 Å². The number of benzene rings is 8. The third-order valence-corrected chi connectivity index (χ3v) is 25.4. The van der Waals surface area contributed by atoms with Crippen molar-refractivity contribution in [2.75, 3.05) is 52.4 Å². The molecule has 8 aromatic carbocycles. The van der Waals surface area contributed by atoms with Gasteiger partial charge in [0, 0.05) is 75.7 Å². The van der Waals surface area contributed by atoms with Crippen LogP contribution >= 0.6 is 0 Å². The van der Waals surface area contributed by atoms with Gasteiger partial charge in [-0.2, -0.15) is 0 Å². The molecule has 4 aromatic heterocycles. The number of aliphatic hydroxyl groups is 2. The first-order valence-corrected chi connectivity index (χ1v) is 43.5. The van der Waals surface area contributed by atoms with Gasteiger partial charge in [-0.15, -0.1) is 0 Å². The molecule has 0 radical (unpaired) electrons. The summed E-state index contributed by atoms with van der Waals surface area (Å²) in [6, 6.07) is 70.4. The minimum absolute atomic E-state index is 0.0290. The van der Waals surface area contributed by atoms with Crippen LogP contribution in [0.15, 0.2) is 243 Å². The molecule has 125 heavy (non-hydrogen) atoms. The van der Waals surface area contributed by atoms with Crippen LogP contribution in [0.3, 0.4) is 0 Å². The van der Waals surface area contributed by atoms with Gasteiger partial charge in [-0.25, -0.2) is 42.3 Å². The fraction of sp³-hybridized carbons (Fsp3) is 0.298. The molecule has 4 unspecified atom stereocenters. The lowest BCUT2D eigenvalue weighted by Crippen LogP contribution is -2.29. The van der Waals surface area contributed by atoms with E-state index in [1.165, 1.54) is 161 Å². The summed E-state index contributed by atoms with van der Waals surface area (Å²) in [5.74, 6) is 0.201. The van der Waals surface area contributed by atoms with Crippen LogP contribution in [-0.4, -0.2) is 132 Å². The number of hydrogen-bond acceptors (Lipinski definition) is 13. The van der Waals surface area contributed by atoms with E-state index >= 15 is 0 Å². The molecule has 3 amide bonds. The maximum atomic E-state index is 13.1. The van der Waals surface area contributed by atoms with Crippen LogP contribution in [0.1, 0.15) is 238 Å². The number of aromatic nitrogens is 4. The number of hydrogen-bond donors (Lipinski definition) is 5. The van der Waals surface area contributed by atoms with Gasteiger partial charge >= 0.3 is 5.97 Å². The van der Waals surface area contributed by atoms with E-state index in [4.69, 9.17) is 10.8 Å². The number of aldehydes is 1. The smallest absolute Gasteiger partial charge is 0.354 e. The summed E-state index contributed by atoms with van der Waals surface area (Å²) >= 11 is 0. The van der Waals surface area contributed by atoms with E-state index in [1.54, 1.807) is 9.80 Å². The average molecular weight is 1680 g/mol. The number of pyridine rings is 4. The number of amides is 3. The molecule has 4 saturated heterocycles. The predicted octanol–water partition coefficient (Wildman–Crippen LogP) is 19.7. The van der Waals surface area contributed by atoms with E-state index in [0.29, 0.717) is 75.0 Å². The third kappa shape index (κ3) is 20.8. The molecule has 21 heteroatoms. The highest BCUT2D eigenvalue weighted by Gasteiger charge is 2.36. The van der Waals surface area contributed by atoms with E-state index < -0.39 is 29.2 Å². The van der Waals surface area contributed by atoms with E-state index in [9.17, 15) is 51.7 Å². The van der Waals surface area contributed by atoms with Crippen LogP contribution in [0.5, 0.6) is 0 Å². The topological polar surface area (TPSA) is 245 Å². The second-order valence-corrected chi connectivity index (χ2v) is 33.8. The molecule has 17 nitrogen and oxygen atoms in total. The lowest BCUT2D eigenvalue weighted by atomic mass is 9.89. The fourth-order valence-electron chi connectivity index (χ4n) is 18.2. The second-order valence-electron chi connectivity index (χ2n) is 33.8. The minimum atomic E-state index is -1.15. The summed E-state index contributed by atoms with van der Waals surface area (Å²) < 4.78 is 51.4. The Bertz CT molecular complexity index is 5680. The summed E-state index contributed by atoms with van der Waals surface area (Å²) in [6.07, 6.45) is 18.8. The average Bonchev–Trinajstić information content (AvgIpc) is 0.885. The molecule has 638 valence electrons. The number of nitrogens with one attached hydrogen (secondary N) is 1. The quantitative estimate of drug-likeness (QED) is 0.0352. The molecule has 4 atom stereocenters. The molecule has 0 bridgehead atoms. The number of nitrogens with two attached hydrogens (primary N) is 1. The van der Waals surface area contributed by atoms with Gasteiger partial charge < -0.3 is 41.1 Å². The molecule has 8 fully saturated rings. The summed E-state index contributed by atoms with van der Waals surface area (Å²) in [5.41, 5.74) is 30.6. The zero-order valence-electron chi connectivity index (χ0n) is 69.7. The molecule has 4 aliphatic heterocycles. The highest BCUT2D eigenvalue weighted by atomic mass is 19.1. The maximum Gasteiger partial charge on any atom is 0.354 e. The van der Waals surface area contributed by atoms with Crippen molar-refractivity contribution in [1.82, 2.24) is 40.0 Å². The second kappa shape index (κ2) is 39.5. The van der Waals surface area contributed by atoms with Crippen molar-refractivity contribution in [3.63, 3.8) is 0 Å². The number of aliphatic hydroxyl groups excluding tert-OH is 2. The van der Waals surface area contributed by atoms with Crippen molar-refractivity contribution in [2.45, 2.75) is 144 Å². The normalized spacial score (nSPS) is 18.1. The van der Waals surface area contributed by atoms with Crippen LogP contribution in [0.2, 0.25) is 0 Å². The van der Waals surface area contributed by atoms with Gasteiger partial charge in [0.25, 0.3) is 17.7 Å². The van der Waals surface area contributed by atoms with Gasteiger partial charge in [0.2, 0.25) is 0 Å². The van der Waals surface area contributed by atoms with E-state index in [-0.39, 0.29) is 71.5 Å². The Labute approximate surface area is 725 Å². The van der Waals surface area contributed by atoms with Gasteiger partial charge in [-0.05, 0) is 292 Å². The number of carbonyl (C=O) groups excluding carboxylic acids is 4. The SMILES string of the molecule is NCc1cc(-c2ccccc2C2CC2)ccc1C1CCN(C(=O)c2ccc(F)cn2)C1.O=C(O)c1ccc(F)cn1.O=C(c1ccc(F)cn1)N1CCC(c2ccc(-c3ccccc3C3CC3)cc2CO)C1.O=Cc1cc(-c2ccccc2C2CC2)ccc1C1CCN(C(=O)c2ccc(F)cn2)C1.OCc1cc(-c2ccccc2C2CC2)ccc1C1CCNC1. The summed E-state index contributed by atoms with van der Waals surface area (Å²) in [4.78, 5) is 80.6. The predicted molar refractivity (Wildman–Crippen MR) is 474 cm³/mol. The van der Waals surface area contributed by atoms with Crippen molar-refractivity contribution < 1.29 is 56.9 Å². The van der Waals surface area contributed by atoms with Gasteiger partial charge in [-0.1, -0.05) is 146 Å². The Hall–Kier alpha value is -12.5. The van der Waals surface area contributed by atoms with Crippen LogP contribution in [0.4, 0.5) is 17.6 Å². The molecule has 8 heterocycles. The lowest BCUT2D eigenvalue weighted by molar-refractivity contribution is 0.0688. The molecule has 12 aromatic rings. The number of likely N-dealkylation sites (tertiary alicyclic amines) is 3. The maximum absolute atomic E-state index is 13.1. The molecule has 6 N–H and O–H groups in total. The number of carboxylic acids is 1. The van der Waals surface area contributed by atoms with Crippen molar-refractivity contribution in [3.8, 4) is 44.5 Å². The molecular weight excluding hydrogens is 1580 g/mol. The van der Waals surface area contributed by atoms with Crippen LogP contribution < -0.4 is 11.1 Å².